The Morgan fingerprint density at radius 3 is 2.61 bits per heavy atom. The molecule has 3 heterocycles. The number of nitro groups is 1. The highest BCUT2D eigenvalue weighted by molar-refractivity contribution is 7.98. The van der Waals surface area contributed by atoms with Crippen LogP contribution < -0.4 is 15.5 Å². The van der Waals surface area contributed by atoms with Crippen LogP contribution in [0.15, 0.2) is 42.5 Å². The van der Waals surface area contributed by atoms with Crippen LogP contribution in [0.5, 0.6) is 0 Å². The summed E-state index contributed by atoms with van der Waals surface area (Å²) in [6.45, 7) is 1.53. The first-order valence-electron chi connectivity index (χ1n) is 10.6. The number of para-hydroxylation sites is 1. The van der Waals surface area contributed by atoms with Crippen molar-refractivity contribution in [1.82, 2.24) is 5.32 Å². The third-order valence-corrected chi connectivity index (χ3v) is 7.61. The quantitative estimate of drug-likeness (QED) is 0.395. The fourth-order valence-corrected chi connectivity index (χ4v) is 6.03. The molecule has 3 amide bonds. The molecule has 0 saturated carbocycles. The second kappa shape index (κ2) is 7.67. The highest BCUT2D eigenvalue weighted by Gasteiger charge is 2.70. The van der Waals surface area contributed by atoms with Crippen LogP contribution in [0.4, 0.5) is 17.1 Å². The molecule has 0 bridgehead atoms. The Hall–Kier alpha value is -3.24. The first-order valence-corrected chi connectivity index (χ1v) is 12.0. The van der Waals surface area contributed by atoms with Crippen molar-refractivity contribution in [2.24, 2.45) is 11.8 Å². The molecule has 5 rings (SSSR count). The standard InChI is InChI=1S/C23H22N4O5S/c1-12-16(8-5-9-17(12)27(31)32)26-20(28)18-15(10-11-33-2)25-23(19(18)21(26)29)13-6-3-4-7-14(13)24-22(23)30/h3-9,15,18-19,25H,10-11H2,1-2H3,(H,24,30)/t15-,18+,19-,23-/m0/s1. The molecule has 0 aliphatic carbocycles. The number of anilines is 2. The molecule has 170 valence electrons. The van der Waals surface area contributed by atoms with Gasteiger partial charge in [-0.05, 0) is 37.5 Å². The average molecular weight is 467 g/mol. The summed E-state index contributed by atoms with van der Waals surface area (Å²) in [6, 6.07) is 11.1. The second-order valence-electron chi connectivity index (χ2n) is 8.53. The molecule has 2 aromatic rings. The Bertz CT molecular complexity index is 1220. The van der Waals surface area contributed by atoms with Crippen LogP contribution in [0.25, 0.3) is 0 Å². The maximum absolute atomic E-state index is 13.9. The van der Waals surface area contributed by atoms with Crippen LogP contribution in [-0.4, -0.2) is 40.7 Å². The van der Waals surface area contributed by atoms with E-state index in [0.717, 1.165) is 10.7 Å². The molecule has 9 nitrogen and oxygen atoms in total. The van der Waals surface area contributed by atoms with E-state index in [1.807, 2.05) is 6.26 Å². The lowest BCUT2D eigenvalue weighted by atomic mass is 9.76. The number of hydrogen-bond donors (Lipinski definition) is 2. The molecule has 0 unspecified atom stereocenters. The zero-order chi connectivity index (χ0) is 23.5. The number of fused-ring (bicyclic) bond motifs is 4. The van der Waals surface area contributed by atoms with Gasteiger partial charge in [-0.15, -0.1) is 0 Å². The van der Waals surface area contributed by atoms with Crippen molar-refractivity contribution in [2.45, 2.75) is 24.9 Å². The molecule has 3 aliphatic rings. The summed E-state index contributed by atoms with van der Waals surface area (Å²) in [4.78, 5) is 52.9. The van der Waals surface area contributed by atoms with Crippen molar-refractivity contribution < 1.29 is 19.3 Å². The minimum Gasteiger partial charge on any atom is -0.324 e. The van der Waals surface area contributed by atoms with Gasteiger partial charge in [-0.1, -0.05) is 24.3 Å². The normalized spacial score (nSPS) is 27.8. The van der Waals surface area contributed by atoms with Crippen molar-refractivity contribution in [3.63, 3.8) is 0 Å². The lowest BCUT2D eigenvalue weighted by Crippen LogP contribution is -2.53. The van der Waals surface area contributed by atoms with Crippen LogP contribution in [0.3, 0.4) is 0 Å². The Labute approximate surface area is 194 Å². The first-order chi connectivity index (χ1) is 15.8. The van der Waals surface area contributed by atoms with E-state index in [-0.39, 0.29) is 28.9 Å². The fraction of sp³-hybridized carbons (Fsp3) is 0.348. The minimum atomic E-state index is -1.36. The van der Waals surface area contributed by atoms with Gasteiger partial charge in [-0.25, -0.2) is 4.90 Å². The maximum Gasteiger partial charge on any atom is 0.274 e. The number of carbonyl (C=O) groups excluding carboxylic acids is 3. The van der Waals surface area contributed by atoms with E-state index in [1.54, 1.807) is 42.1 Å². The number of nitrogens with one attached hydrogen (secondary N) is 2. The zero-order valence-electron chi connectivity index (χ0n) is 18.0. The fourth-order valence-electron chi connectivity index (χ4n) is 5.54. The van der Waals surface area contributed by atoms with E-state index >= 15 is 0 Å². The van der Waals surface area contributed by atoms with Gasteiger partial charge in [0.1, 0.15) is 5.54 Å². The van der Waals surface area contributed by atoms with Crippen molar-refractivity contribution in [3.05, 3.63) is 63.7 Å². The summed E-state index contributed by atoms with van der Waals surface area (Å²) >= 11 is 1.62. The van der Waals surface area contributed by atoms with Crippen molar-refractivity contribution in [1.29, 1.82) is 0 Å². The lowest BCUT2D eigenvalue weighted by Gasteiger charge is -2.29. The SMILES string of the molecule is CSCC[C@@H]1N[C@]2(C(=O)Nc3ccccc32)[C@@H]2C(=O)N(c3cccc([N+](=O)[O-])c3C)C(=O)[C@H]12. The monoisotopic (exact) mass is 466 g/mol. The summed E-state index contributed by atoms with van der Waals surface area (Å²) in [5.74, 6) is -2.25. The van der Waals surface area contributed by atoms with E-state index in [2.05, 4.69) is 10.6 Å². The summed E-state index contributed by atoms with van der Waals surface area (Å²) in [7, 11) is 0. The average Bonchev–Trinajstić information content (AvgIpc) is 3.37. The molecule has 4 atom stereocenters. The molecule has 10 heteroatoms. The number of hydrogen-bond acceptors (Lipinski definition) is 7. The molecule has 2 saturated heterocycles. The van der Waals surface area contributed by atoms with E-state index in [4.69, 9.17) is 0 Å². The lowest BCUT2D eigenvalue weighted by molar-refractivity contribution is -0.385. The Morgan fingerprint density at radius 2 is 1.88 bits per heavy atom. The molecule has 1 spiro atoms. The van der Waals surface area contributed by atoms with Crippen molar-refractivity contribution in [3.8, 4) is 0 Å². The van der Waals surface area contributed by atoms with E-state index in [9.17, 15) is 24.5 Å². The Balaban J connectivity index is 1.66. The number of nitrogens with zero attached hydrogens (tertiary/aromatic N) is 2. The number of carbonyl (C=O) groups is 3. The van der Waals surface area contributed by atoms with E-state index in [1.165, 1.54) is 19.1 Å². The number of imide groups is 1. The van der Waals surface area contributed by atoms with Gasteiger partial charge in [0.15, 0.2) is 0 Å². The van der Waals surface area contributed by atoms with E-state index in [0.29, 0.717) is 17.7 Å². The summed E-state index contributed by atoms with van der Waals surface area (Å²) in [5.41, 5.74) is 0.170. The summed E-state index contributed by atoms with van der Waals surface area (Å²) in [6.07, 6.45) is 2.56. The number of nitro benzene ring substituents is 1. The Morgan fingerprint density at radius 1 is 1.12 bits per heavy atom. The predicted molar refractivity (Wildman–Crippen MR) is 124 cm³/mol. The van der Waals surface area contributed by atoms with Gasteiger partial charge in [0, 0.05) is 23.4 Å². The number of benzene rings is 2. The number of rotatable bonds is 5. The van der Waals surface area contributed by atoms with Gasteiger partial charge in [0.25, 0.3) is 5.69 Å². The largest absolute Gasteiger partial charge is 0.324 e. The zero-order valence-corrected chi connectivity index (χ0v) is 18.8. The molecule has 2 fully saturated rings. The van der Waals surface area contributed by atoms with Gasteiger partial charge in [-0.2, -0.15) is 11.8 Å². The minimum absolute atomic E-state index is 0.166. The summed E-state index contributed by atoms with van der Waals surface area (Å²) < 4.78 is 0. The molecule has 2 N–H and O–H groups in total. The topological polar surface area (TPSA) is 122 Å². The maximum atomic E-state index is 13.9. The van der Waals surface area contributed by atoms with Crippen molar-refractivity contribution in [2.75, 3.05) is 22.2 Å². The van der Waals surface area contributed by atoms with Crippen LogP contribution >= 0.6 is 11.8 Å². The number of amides is 3. The van der Waals surface area contributed by atoms with Crippen LogP contribution in [0, 0.1) is 28.9 Å². The third kappa shape index (κ3) is 2.87. The van der Waals surface area contributed by atoms with Gasteiger partial charge >= 0.3 is 0 Å². The van der Waals surface area contributed by atoms with Crippen molar-refractivity contribution >= 4 is 46.5 Å². The van der Waals surface area contributed by atoms with Gasteiger partial charge < -0.3 is 5.32 Å². The molecular weight excluding hydrogens is 444 g/mol. The van der Waals surface area contributed by atoms with Crippen LogP contribution in [-0.2, 0) is 19.9 Å². The highest BCUT2D eigenvalue weighted by Crippen LogP contribution is 2.54. The van der Waals surface area contributed by atoms with Crippen LogP contribution in [0.2, 0.25) is 0 Å². The molecule has 3 aliphatic heterocycles. The smallest absolute Gasteiger partial charge is 0.274 e. The molecular formula is C23H22N4O5S. The van der Waals surface area contributed by atoms with Gasteiger partial charge in [0.2, 0.25) is 17.7 Å². The predicted octanol–water partition coefficient (Wildman–Crippen LogP) is 2.58. The first kappa shape index (κ1) is 21.6. The van der Waals surface area contributed by atoms with E-state index < -0.39 is 34.1 Å². The second-order valence-corrected chi connectivity index (χ2v) is 9.52. The highest BCUT2D eigenvalue weighted by atomic mass is 32.2. The third-order valence-electron chi connectivity index (χ3n) is 6.97. The van der Waals surface area contributed by atoms with Gasteiger partial charge in [-0.3, -0.25) is 29.8 Å². The molecule has 33 heavy (non-hydrogen) atoms. The molecule has 0 radical (unpaired) electrons. The molecule has 2 aromatic carbocycles. The Kier molecular flexibility index (Phi) is 5.02. The van der Waals surface area contributed by atoms with Crippen LogP contribution in [0.1, 0.15) is 17.5 Å². The summed E-state index contributed by atoms with van der Waals surface area (Å²) in [5, 5.41) is 17.7. The molecule has 0 aromatic heterocycles. The van der Waals surface area contributed by atoms with Gasteiger partial charge in [0.05, 0.1) is 28.0 Å². The number of thioether (sulfide) groups is 1.